The van der Waals surface area contributed by atoms with Crippen LogP contribution in [0, 0.1) is 6.92 Å². The maximum Gasteiger partial charge on any atom is 0.228 e. The minimum absolute atomic E-state index is 0.0930. The first kappa shape index (κ1) is 15.4. The highest BCUT2D eigenvalue weighted by Crippen LogP contribution is 2.24. The molecule has 0 unspecified atom stereocenters. The van der Waals surface area contributed by atoms with E-state index >= 15 is 0 Å². The fourth-order valence-electron chi connectivity index (χ4n) is 1.76. The van der Waals surface area contributed by atoms with Crippen LogP contribution in [0.15, 0.2) is 40.9 Å². The average molecular weight is 373 g/mol. The predicted molar refractivity (Wildman–Crippen MR) is 87.7 cm³/mol. The second-order valence-corrected chi connectivity index (χ2v) is 6.16. The van der Waals surface area contributed by atoms with Gasteiger partial charge < -0.3 is 5.32 Å². The third-order valence-corrected chi connectivity index (χ3v) is 4.05. The Morgan fingerprint density at radius 3 is 2.60 bits per heavy atom. The van der Waals surface area contributed by atoms with Crippen molar-refractivity contribution in [3.8, 4) is 0 Å². The van der Waals surface area contributed by atoms with Crippen LogP contribution in [0.5, 0.6) is 0 Å². The topological polar surface area (TPSA) is 29.1 Å². The van der Waals surface area contributed by atoms with Crippen LogP contribution in [0.2, 0.25) is 10.0 Å². The van der Waals surface area contributed by atoms with Crippen LogP contribution >= 0.6 is 39.1 Å². The molecule has 0 fully saturated rings. The van der Waals surface area contributed by atoms with Crippen molar-refractivity contribution in [1.82, 2.24) is 0 Å². The second kappa shape index (κ2) is 6.61. The summed E-state index contributed by atoms with van der Waals surface area (Å²) in [4.78, 5) is 12.0. The summed E-state index contributed by atoms with van der Waals surface area (Å²) in [5, 5.41) is 3.83. The van der Waals surface area contributed by atoms with E-state index in [1.54, 1.807) is 18.2 Å². The Balaban J connectivity index is 2.09. The minimum Gasteiger partial charge on any atom is -0.326 e. The number of amides is 1. The molecule has 0 aliphatic rings. The van der Waals surface area contributed by atoms with Crippen LogP contribution in [-0.4, -0.2) is 5.91 Å². The number of carbonyl (C=O) groups excluding carboxylic acids is 1. The van der Waals surface area contributed by atoms with Gasteiger partial charge in [-0.1, -0.05) is 51.3 Å². The normalized spacial score (nSPS) is 10.4. The van der Waals surface area contributed by atoms with E-state index in [2.05, 4.69) is 21.2 Å². The van der Waals surface area contributed by atoms with Crippen LogP contribution in [0.25, 0.3) is 0 Å². The molecule has 0 aromatic heterocycles. The highest BCUT2D eigenvalue weighted by atomic mass is 79.9. The lowest BCUT2D eigenvalue weighted by Gasteiger charge is -2.09. The molecule has 2 aromatic carbocycles. The fraction of sp³-hybridized carbons (Fsp3) is 0.133. The van der Waals surface area contributed by atoms with Gasteiger partial charge in [0.2, 0.25) is 5.91 Å². The van der Waals surface area contributed by atoms with Crippen molar-refractivity contribution < 1.29 is 4.79 Å². The molecule has 0 radical (unpaired) electrons. The fourth-order valence-corrected chi connectivity index (χ4v) is 2.44. The summed E-state index contributed by atoms with van der Waals surface area (Å²) in [5.74, 6) is -0.0930. The number of aryl methyl sites for hydroxylation is 1. The first-order valence-electron chi connectivity index (χ1n) is 5.95. The van der Waals surface area contributed by atoms with Crippen LogP contribution in [0.3, 0.4) is 0 Å². The van der Waals surface area contributed by atoms with Crippen molar-refractivity contribution in [1.29, 1.82) is 0 Å². The molecule has 1 amide bonds. The van der Waals surface area contributed by atoms with Crippen molar-refractivity contribution >= 4 is 50.7 Å². The van der Waals surface area contributed by atoms with Gasteiger partial charge in [0.1, 0.15) is 0 Å². The number of nitrogens with one attached hydrogen (secondary N) is 1. The highest BCUT2D eigenvalue weighted by Gasteiger charge is 2.08. The van der Waals surface area contributed by atoms with E-state index in [-0.39, 0.29) is 12.3 Å². The molecule has 0 aliphatic heterocycles. The molecule has 0 heterocycles. The number of hydrogen-bond donors (Lipinski definition) is 1. The van der Waals surface area contributed by atoms with Gasteiger partial charge in [0.05, 0.1) is 16.5 Å². The molecule has 0 saturated heterocycles. The number of benzene rings is 2. The largest absolute Gasteiger partial charge is 0.326 e. The van der Waals surface area contributed by atoms with Crippen LogP contribution in [0.4, 0.5) is 5.69 Å². The highest BCUT2D eigenvalue weighted by molar-refractivity contribution is 9.10. The number of halogens is 3. The molecular weight excluding hydrogens is 361 g/mol. The first-order chi connectivity index (χ1) is 9.45. The second-order valence-electron chi connectivity index (χ2n) is 4.43. The number of anilines is 1. The summed E-state index contributed by atoms with van der Waals surface area (Å²) in [7, 11) is 0. The Morgan fingerprint density at radius 1 is 1.15 bits per heavy atom. The Morgan fingerprint density at radius 2 is 1.90 bits per heavy atom. The number of hydrogen-bond acceptors (Lipinski definition) is 1. The van der Waals surface area contributed by atoms with Gasteiger partial charge in [-0.15, -0.1) is 0 Å². The van der Waals surface area contributed by atoms with Crippen LogP contribution < -0.4 is 5.32 Å². The minimum atomic E-state index is -0.0930. The molecule has 2 aromatic rings. The summed E-state index contributed by atoms with van der Waals surface area (Å²) in [6.07, 6.45) is 0.253. The lowest BCUT2D eigenvalue weighted by molar-refractivity contribution is -0.115. The molecule has 2 rings (SSSR count). The van der Waals surface area contributed by atoms with E-state index in [4.69, 9.17) is 23.2 Å². The van der Waals surface area contributed by atoms with Gasteiger partial charge in [-0.2, -0.15) is 0 Å². The average Bonchev–Trinajstić information content (AvgIpc) is 2.38. The monoisotopic (exact) mass is 371 g/mol. The molecule has 0 bridgehead atoms. The van der Waals surface area contributed by atoms with E-state index in [1.807, 2.05) is 25.1 Å². The summed E-state index contributed by atoms with van der Waals surface area (Å²) < 4.78 is 0.924. The third kappa shape index (κ3) is 3.98. The maximum absolute atomic E-state index is 12.0. The molecule has 0 spiro atoms. The molecule has 5 heteroatoms. The van der Waals surface area contributed by atoms with Gasteiger partial charge in [-0.25, -0.2) is 0 Å². The number of carbonyl (C=O) groups is 1. The van der Waals surface area contributed by atoms with Crippen LogP contribution in [-0.2, 0) is 11.2 Å². The van der Waals surface area contributed by atoms with E-state index in [1.165, 1.54) is 0 Å². The van der Waals surface area contributed by atoms with E-state index in [9.17, 15) is 4.79 Å². The van der Waals surface area contributed by atoms with Gasteiger partial charge in [0.15, 0.2) is 0 Å². The zero-order valence-corrected chi connectivity index (χ0v) is 13.8. The Labute approximate surface area is 136 Å². The SMILES string of the molecule is Cc1ccc(Br)cc1NC(=O)Cc1ccc(Cl)c(Cl)c1. The summed E-state index contributed by atoms with van der Waals surface area (Å²) in [5.41, 5.74) is 2.63. The molecule has 0 saturated carbocycles. The molecule has 2 nitrogen and oxygen atoms in total. The van der Waals surface area contributed by atoms with Crippen molar-refractivity contribution in [3.05, 3.63) is 62.0 Å². The summed E-state index contributed by atoms with van der Waals surface area (Å²) in [6.45, 7) is 1.95. The standard InChI is InChI=1S/C15H12BrCl2NO/c1-9-2-4-11(16)8-14(9)19-15(20)7-10-3-5-12(17)13(18)6-10/h2-6,8H,7H2,1H3,(H,19,20). The lowest BCUT2D eigenvalue weighted by Crippen LogP contribution is -2.15. The van der Waals surface area contributed by atoms with Gasteiger partial charge in [-0.05, 0) is 42.3 Å². The van der Waals surface area contributed by atoms with Gasteiger partial charge in [-0.3, -0.25) is 4.79 Å². The maximum atomic E-state index is 12.0. The zero-order chi connectivity index (χ0) is 14.7. The smallest absolute Gasteiger partial charge is 0.228 e. The van der Waals surface area contributed by atoms with Crippen LogP contribution in [0.1, 0.15) is 11.1 Å². The summed E-state index contributed by atoms with van der Waals surface area (Å²) >= 11 is 15.2. The molecule has 1 N–H and O–H groups in total. The Bertz CT molecular complexity index is 658. The molecule has 20 heavy (non-hydrogen) atoms. The van der Waals surface area contributed by atoms with Gasteiger partial charge in [0, 0.05) is 10.2 Å². The molecule has 0 aliphatic carbocycles. The first-order valence-corrected chi connectivity index (χ1v) is 7.50. The molecule has 104 valence electrons. The third-order valence-electron chi connectivity index (χ3n) is 2.82. The van der Waals surface area contributed by atoms with Crippen molar-refractivity contribution in [3.63, 3.8) is 0 Å². The van der Waals surface area contributed by atoms with E-state index in [0.717, 1.165) is 21.3 Å². The Kier molecular flexibility index (Phi) is 5.08. The zero-order valence-electron chi connectivity index (χ0n) is 10.7. The Hall–Kier alpha value is -1.03. The van der Waals surface area contributed by atoms with Gasteiger partial charge in [0.25, 0.3) is 0 Å². The summed E-state index contributed by atoms with van der Waals surface area (Å²) in [6, 6.07) is 10.9. The van der Waals surface area contributed by atoms with Crippen molar-refractivity contribution in [2.24, 2.45) is 0 Å². The number of rotatable bonds is 3. The van der Waals surface area contributed by atoms with E-state index in [0.29, 0.717) is 10.0 Å². The molecular formula is C15H12BrCl2NO. The van der Waals surface area contributed by atoms with Gasteiger partial charge >= 0.3 is 0 Å². The lowest BCUT2D eigenvalue weighted by atomic mass is 10.1. The van der Waals surface area contributed by atoms with Crippen molar-refractivity contribution in [2.75, 3.05) is 5.32 Å². The van der Waals surface area contributed by atoms with Crippen molar-refractivity contribution in [2.45, 2.75) is 13.3 Å². The molecule has 0 atom stereocenters. The van der Waals surface area contributed by atoms with E-state index < -0.39 is 0 Å². The predicted octanol–water partition coefficient (Wildman–Crippen LogP) is 5.25. The quantitative estimate of drug-likeness (QED) is 0.783.